The molecule has 8 heteroatoms. The molecule has 37 heavy (non-hydrogen) atoms. The molecule has 0 spiro atoms. The van der Waals surface area contributed by atoms with Crippen molar-refractivity contribution < 1.29 is 19.8 Å². The SMILES string of the molecule is CC1CN2C(=C(O)C1=O)C(=O)N(CC1(O)CCCCC1)CN2C1c2ccccc2CSc2ccccc21. The van der Waals surface area contributed by atoms with Gasteiger partial charge in [0.25, 0.3) is 5.91 Å². The van der Waals surface area contributed by atoms with Crippen molar-refractivity contribution in [3.8, 4) is 0 Å². The van der Waals surface area contributed by atoms with Crippen LogP contribution in [0.15, 0.2) is 64.9 Å². The first-order valence-corrected chi connectivity index (χ1v) is 14.2. The van der Waals surface area contributed by atoms with Gasteiger partial charge in [-0.1, -0.05) is 68.7 Å². The quantitative estimate of drug-likeness (QED) is 0.623. The number of benzene rings is 2. The summed E-state index contributed by atoms with van der Waals surface area (Å²) >= 11 is 1.80. The number of aliphatic hydroxyl groups is 2. The van der Waals surface area contributed by atoms with Gasteiger partial charge >= 0.3 is 0 Å². The zero-order chi connectivity index (χ0) is 25.7. The van der Waals surface area contributed by atoms with Gasteiger partial charge in [0.2, 0.25) is 5.78 Å². The molecule has 1 aliphatic carbocycles. The smallest absolute Gasteiger partial charge is 0.276 e. The highest BCUT2D eigenvalue weighted by Crippen LogP contribution is 2.45. The Hall–Kier alpha value is -2.81. The summed E-state index contributed by atoms with van der Waals surface area (Å²) in [5, 5.41) is 26.4. The average Bonchev–Trinajstić information content (AvgIpc) is 3.06. The molecule has 194 valence electrons. The van der Waals surface area contributed by atoms with Crippen LogP contribution in [0.4, 0.5) is 0 Å². The molecule has 2 aromatic carbocycles. The summed E-state index contributed by atoms with van der Waals surface area (Å²) in [5.74, 6) is -0.882. The van der Waals surface area contributed by atoms with Crippen molar-refractivity contribution in [2.24, 2.45) is 5.92 Å². The minimum absolute atomic E-state index is 0.0284. The van der Waals surface area contributed by atoms with E-state index in [-0.39, 0.29) is 25.0 Å². The molecular weight excluding hydrogens is 486 g/mol. The van der Waals surface area contributed by atoms with Crippen LogP contribution < -0.4 is 0 Å². The summed E-state index contributed by atoms with van der Waals surface area (Å²) in [6.07, 6.45) is 4.24. The van der Waals surface area contributed by atoms with Gasteiger partial charge in [0, 0.05) is 23.1 Å². The molecule has 3 heterocycles. The Morgan fingerprint density at radius 3 is 2.49 bits per heavy atom. The van der Waals surface area contributed by atoms with Crippen molar-refractivity contribution in [1.29, 1.82) is 0 Å². The molecule has 1 saturated heterocycles. The molecule has 7 nitrogen and oxygen atoms in total. The van der Waals surface area contributed by atoms with Crippen molar-refractivity contribution in [3.05, 3.63) is 76.7 Å². The predicted molar refractivity (Wildman–Crippen MR) is 141 cm³/mol. The lowest BCUT2D eigenvalue weighted by Crippen LogP contribution is -2.64. The lowest BCUT2D eigenvalue weighted by Gasteiger charge is -2.52. The fourth-order valence-corrected chi connectivity index (χ4v) is 7.39. The van der Waals surface area contributed by atoms with Crippen LogP contribution in [0.25, 0.3) is 0 Å². The second kappa shape index (κ2) is 9.49. The van der Waals surface area contributed by atoms with E-state index in [1.54, 1.807) is 23.6 Å². The van der Waals surface area contributed by atoms with Crippen molar-refractivity contribution in [2.75, 3.05) is 19.8 Å². The van der Waals surface area contributed by atoms with Crippen molar-refractivity contribution in [1.82, 2.24) is 14.9 Å². The standard InChI is InChI=1S/C29H33N3O4S/c1-19-15-31-25(27(34)26(19)33)28(35)30(17-29(36)13-7-2-8-14-29)18-32(31)24-21-10-4-3-9-20(21)16-37-23-12-6-5-11-22(23)24/h3-6,9-12,19,24,34,36H,2,7-8,13-18H2,1H3. The van der Waals surface area contributed by atoms with Crippen LogP contribution in [0.5, 0.6) is 0 Å². The van der Waals surface area contributed by atoms with Crippen LogP contribution in [0.2, 0.25) is 0 Å². The largest absolute Gasteiger partial charge is 0.503 e. The van der Waals surface area contributed by atoms with E-state index in [9.17, 15) is 19.8 Å². The summed E-state index contributed by atoms with van der Waals surface area (Å²) in [4.78, 5) is 29.5. The maximum Gasteiger partial charge on any atom is 0.276 e. The zero-order valence-corrected chi connectivity index (χ0v) is 21.9. The fraction of sp³-hybridized carbons (Fsp3) is 0.448. The van der Waals surface area contributed by atoms with Crippen LogP contribution in [-0.2, 0) is 15.3 Å². The van der Waals surface area contributed by atoms with E-state index in [0.29, 0.717) is 19.4 Å². The Morgan fingerprint density at radius 2 is 1.70 bits per heavy atom. The highest BCUT2D eigenvalue weighted by atomic mass is 32.2. The number of thioether (sulfide) groups is 1. The minimum Gasteiger partial charge on any atom is -0.503 e. The first kappa shape index (κ1) is 24.5. The van der Waals surface area contributed by atoms with Gasteiger partial charge in [0.05, 0.1) is 24.9 Å². The molecule has 2 atom stereocenters. The number of rotatable bonds is 3. The number of fused-ring (bicyclic) bond motifs is 3. The van der Waals surface area contributed by atoms with Gasteiger partial charge in [-0.15, -0.1) is 11.8 Å². The maximum atomic E-state index is 13.8. The monoisotopic (exact) mass is 519 g/mol. The van der Waals surface area contributed by atoms with Crippen molar-refractivity contribution in [3.63, 3.8) is 0 Å². The molecule has 2 N–H and O–H groups in total. The third-order valence-corrected chi connectivity index (χ3v) is 9.38. The van der Waals surface area contributed by atoms with E-state index < -0.39 is 29.0 Å². The lowest BCUT2D eigenvalue weighted by molar-refractivity contribution is -0.168. The van der Waals surface area contributed by atoms with E-state index in [1.807, 2.05) is 23.2 Å². The van der Waals surface area contributed by atoms with Crippen LogP contribution in [0, 0.1) is 5.92 Å². The van der Waals surface area contributed by atoms with E-state index in [0.717, 1.165) is 36.1 Å². The van der Waals surface area contributed by atoms with E-state index >= 15 is 0 Å². The Kier molecular flexibility index (Phi) is 6.29. The average molecular weight is 520 g/mol. The van der Waals surface area contributed by atoms with Gasteiger partial charge in [-0.3, -0.25) is 14.6 Å². The molecule has 1 saturated carbocycles. The number of aliphatic hydroxyl groups excluding tert-OH is 1. The number of nitrogens with zero attached hydrogens (tertiary/aromatic N) is 3. The Labute approximate surface area is 221 Å². The molecular formula is C29H33N3O4S. The molecule has 0 aromatic heterocycles. The highest BCUT2D eigenvalue weighted by Gasteiger charge is 2.48. The second-order valence-electron chi connectivity index (χ2n) is 10.8. The number of allylic oxidation sites excluding steroid dienone is 1. The fourth-order valence-electron chi connectivity index (χ4n) is 6.30. The Morgan fingerprint density at radius 1 is 1.00 bits per heavy atom. The molecule has 0 bridgehead atoms. The normalized spacial score (nSPS) is 25.9. The summed E-state index contributed by atoms with van der Waals surface area (Å²) in [7, 11) is 0. The van der Waals surface area contributed by atoms with E-state index in [2.05, 4.69) is 35.3 Å². The summed E-state index contributed by atoms with van der Waals surface area (Å²) in [6, 6.07) is 16.5. The number of ketones is 1. The number of hydrogen-bond donors (Lipinski definition) is 2. The number of carbonyl (C=O) groups is 2. The van der Waals surface area contributed by atoms with Crippen LogP contribution in [0.1, 0.15) is 61.8 Å². The van der Waals surface area contributed by atoms with Crippen molar-refractivity contribution >= 4 is 23.5 Å². The third-order valence-electron chi connectivity index (χ3n) is 8.24. The number of hydrazine groups is 1. The molecule has 2 fully saturated rings. The summed E-state index contributed by atoms with van der Waals surface area (Å²) in [6.45, 7) is 2.55. The van der Waals surface area contributed by atoms with Gasteiger partial charge in [-0.25, -0.2) is 0 Å². The number of Topliss-reactive ketones (excluding diaryl/α,β-unsaturated/α-hetero) is 1. The Bertz CT molecular complexity index is 1220. The van der Waals surface area contributed by atoms with Gasteiger partial charge in [0.1, 0.15) is 0 Å². The molecule has 0 radical (unpaired) electrons. The van der Waals surface area contributed by atoms with E-state index in [1.165, 1.54) is 10.5 Å². The minimum atomic E-state index is -0.959. The number of amides is 1. The number of hydrogen-bond acceptors (Lipinski definition) is 7. The lowest BCUT2D eigenvalue weighted by atomic mass is 9.84. The molecule has 4 aliphatic rings. The molecule has 6 rings (SSSR count). The zero-order valence-electron chi connectivity index (χ0n) is 21.1. The van der Waals surface area contributed by atoms with Crippen LogP contribution in [0.3, 0.4) is 0 Å². The van der Waals surface area contributed by atoms with Gasteiger partial charge < -0.3 is 15.1 Å². The van der Waals surface area contributed by atoms with Gasteiger partial charge in [-0.05, 0) is 35.6 Å². The maximum absolute atomic E-state index is 13.8. The predicted octanol–water partition coefficient (Wildman–Crippen LogP) is 4.38. The number of carbonyl (C=O) groups excluding carboxylic acids is 2. The van der Waals surface area contributed by atoms with E-state index in [4.69, 9.17) is 0 Å². The molecule has 3 aliphatic heterocycles. The molecule has 2 aromatic rings. The van der Waals surface area contributed by atoms with Crippen LogP contribution in [-0.4, -0.2) is 62.2 Å². The first-order valence-electron chi connectivity index (χ1n) is 13.2. The third kappa shape index (κ3) is 4.25. The van der Waals surface area contributed by atoms with Crippen LogP contribution >= 0.6 is 11.8 Å². The van der Waals surface area contributed by atoms with Gasteiger partial charge in [-0.2, -0.15) is 5.01 Å². The van der Waals surface area contributed by atoms with Crippen molar-refractivity contribution in [2.45, 2.75) is 61.3 Å². The molecule has 2 unspecified atom stereocenters. The summed E-state index contributed by atoms with van der Waals surface area (Å²) < 4.78 is 0. The molecule has 1 amide bonds. The second-order valence-corrected chi connectivity index (χ2v) is 11.9. The highest BCUT2D eigenvalue weighted by molar-refractivity contribution is 7.98. The number of β-amino-alcohol motifs (C(OH)–C–C–N with tert-alkyl or cyclic N) is 1. The Balaban J connectivity index is 1.49. The topological polar surface area (TPSA) is 84.3 Å². The summed E-state index contributed by atoms with van der Waals surface area (Å²) in [5.41, 5.74) is 2.57. The first-order chi connectivity index (χ1) is 17.9. The van der Waals surface area contributed by atoms with Gasteiger partial charge in [0.15, 0.2) is 11.5 Å².